The number of fused-ring (bicyclic) bond motifs is 3. The number of amides is 1. The number of nitrogens with one attached hydrogen (secondary N) is 2. The molecule has 0 bridgehead atoms. The Balaban J connectivity index is 1.91. The van der Waals surface area contributed by atoms with E-state index in [1.54, 1.807) is 45.9 Å². The molecule has 4 rings (SSSR count). The monoisotopic (exact) mass is 475 g/mol. The van der Waals surface area contributed by atoms with E-state index in [1.165, 1.54) is 6.92 Å². The number of aryl methyl sites for hydroxylation is 1. The number of rotatable bonds is 7. The Bertz CT molecular complexity index is 1290. The van der Waals surface area contributed by atoms with E-state index in [0.29, 0.717) is 42.3 Å². The molecule has 1 atom stereocenters. The van der Waals surface area contributed by atoms with Crippen molar-refractivity contribution >= 4 is 11.6 Å². The molecule has 0 fully saturated rings. The first-order valence-electron chi connectivity index (χ1n) is 11.4. The molecule has 0 aliphatic heterocycles. The summed E-state index contributed by atoms with van der Waals surface area (Å²) in [5, 5.41) is 6.24. The molecule has 1 aliphatic rings. The van der Waals surface area contributed by atoms with Crippen LogP contribution in [0.15, 0.2) is 53.6 Å². The zero-order valence-corrected chi connectivity index (χ0v) is 20.3. The largest absolute Gasteiger partial charge is 0.493 e. The number of hydrogen-bond donors (Lipinski definition) is 2. The van der Waals surface area contributed by atoms with Crippen LogP contribution in [0.2, 0.25) is 0 Å². The lowest BCUT2D eigenvalue weighted by Gasteiger charge is -2.19. The standard InChI is InChI=1S/C27H29N3O5/c1-16(31)30-21-9-7-18-12-24(33-2)26(34-3)27(35-4)25(18)19-8-10-22(23(32)13-20(19)21)29-15-17-6-5-11-28-14-17/h5-6,8,10-14,21H,7,9,15H2,1-4H3,(H,29,32)(H,30,31)/t21-/m0/s1. The van der Waals surface area contributed by atoms with Crippen LogP contribution in [0.5, 0.6) is 17.2 Å². The lowest BCUT2D eigenvalue weighted by atomic mass is 9.95. The predicted molar refractivity (Wildman–Crippen MR) is 134 cm³/mol. The number of pyridine rings is 1. The second kappa shape index (κ2) is 10.5. The summed E-state index contributed by atoms with van der Waals surface area (Å²) in [6.07, 6.45) is 4.72. The van der Waals surface area contributed by atoms with Crippen molar-refractivity contribution in [3.63, 3.8) is 0 Å². The van der Waals surface area contributed by atoms with Crippen molar-refractivity contribution in [2.75, 3.05) is 26.6 Å². The Morgan fingerprint density at radius 2 is 1.89 bits per heavy atom. The average Bonchev–Trinajstić information content (AvgIpc) is 3.10. The molecule has 35 heavy (non-hydrogen) atoms. The summed E-state index contributed by atoms with van der Waals surface area (Å²) in [7, 11) is 4.72. The quantitative estimate of drug-likeness (QED) is 0.535. The van der Waals surface area contributed by atoms with Gasteiger partial charge >= 0.3 is 0 Å². The van der Waals surface area contributed by atoms with Gasteiger partial charge in [0.25, 0.3) is 0 Å². The van der Waals surface area contributed by atoms with E-state index < -0.39 is 0 Å². The summed E-state index contributed by atoms with van der Waals surface area (Å²) in [4.78, 5) is 29.5. The van der Waals surface area contributed by atoms with Crippen molar-refractivity contribution in [3.8, 4) is 28.4 Å². The van der Waals surface area contributed by atoms with Gasteiger partial charge in [-0.05, 0) is 59.4 Å². The first kappa shape index (κ1) is 24.1. The smallest absolute Gasteiger partial charge is 0.217 e. The molecule has 1 aliphatic carbocycles. The maximum Gasteiger partial charge on any atom is 0.217 e. The van der Waals surface area contributed by atoms with Crippen molar-refractivity contribution < 1.29 is 19.0 Å². The summed E-state index contributed by atoms with van der Waals surface area (Å²) >= 11 is 0. The SMILES string of the molecule is COc1cc2c(c(OC)c1OC)-c1ccc(NCc3cccnc3)c(=O)cc1[C@@H](NC(C)=O)CC2. The number of carbonyl (C=O) groups is 1. The van der Waals surface area contributed by atoms with Crippen molar-refractivity contribution in [2.45, 2.75) is 32.4 Å². The van der Waals surface area contributed by atoms with Gasteiger partial charge in [-0.2, -0.15) is 0 Å². The molecule has 1 amide bonds. The van der Waals surface area contributed by atoms with E-state index in [2.05, 4.69) is 15.6 Å². The van der Waals surface area contributed by atoms with Crippen LogP contribution in [0.1, 0.15) is 36.1 Å². The second-order valence-electron chi connectivity index (χ2n) is 8.31. The molecule has 0 unspecified atom stereocenters. The van der Waals surface area contributed by atoms with E-state index in [4.69, 9.17) is 14.2 Å². The molecule has 2 aromatic carbocycles. The van der Waals surface area contributed by atoms with Gasteiger partial charge in [0.2, 0.25) is 17.1 Å². The first-order valence-corrected chi connectivity index (χ1v) is 11.4. The molecule has 2 N–H and O–H groups in total. The summed E-state index contributed by atoms with van der Waals surface area (Å²) < 4.78 is 17.0. The van der Waals surface area contributed by atoms with Gasteiger partial charge in [-0.1, -0.05) is 12.1 Å². The number of hydrogen-bond acceptors (Lipinski definition) is 7. The molecular weight excluding hydrogens is 446 g/mol. The van der Waals surface area contributed by atoms with Crippen molar-refractivity contribution in [2.24, 2.45) is 0 Å². The lowest BCUT2D eigenvalue weighted by Crippen LogP contribution is -2.26. The lowest BCUT2D eigenvalue weighted by molar-refractivity contribution is -0.119. The van der Waals surface area contributed by atoms with Crippen LogP contribution in [-0.4, -0.2) is 32.2 Å². The molecule has 8 heteroatoms. The fourth-order valence-corrected chi connectivity index (χ4v) is 4.55. The molecule has 1 heterocycles. The van der Waals surface area contributed by atoms with Gasteiger partial charge in [-0.25, -0.2) is 0 Å². The maximum absolute atomic E-state index is 13.3. The molecule has 3 aromatic rings. The van der Waals surface area contributed by atoms with Crippen LogP contribution in [0.3, 0.4) is 0 Å². The Hall–Kier alpha value is -4.07. The molecule has 0 radical (unpaired) electrons. The van der Waals surface area contributed by atoms with Gasteiger partial charge in [-0.15, -0.1) is 0 Å². The van der Waals surface area contributed by atoms with Crippen molar-refractivity contribution in [3.05, 3.63) is 75.7 Å². The highest BCUT2D eigenvalue weighted by Gasteiger charge is 2.29. The number of carbonyl (C=O) groups excluding carboxylic acids is 1. The van der Waals surface area contributed by atoms with Crippen LogP contribution in [0.25, 0.3) is 11.1 Å². The third-order valence-electron chi connectivity index (χ3n) is 6.12. The maximum atomic E-state index is 13.3. The van der Waals surface area contributed by atoms with E-state index in [9.17, 15) is 9.59 Å². The minimum atomic E-state index is -0.345. The molecule has 1 aromatic heterocycles. The number of anilines is 1. The Morgan fingerprint density at radius 1 is 1.09 bits per heavy atom. The summed E-state index contributed by atoms with van der Waals surface area (Å²) in [5.41, 5.74) is 4.56. The van der Waals surface area contributed by atoms with Gasteiger partial charge in [0.15, 0.2) is 11.5 Å². The van der Waals surface area contributed by atoms with Crippen molar-refractivity contribution in [1.29, 1.82) is 0 Å². The van der Waals surface area contributed by atoms with E-state index in [-0.39, 0.29) is 17.4 Å². The minimum absolute atomic E-state index is 0.164. The van der Waals surface area contributed by atoms with Gasteiger partial charge in [0.05, 0.1) is 33.1 Å². The number of ether oxygens (including phenoxy) is 3. The van der Waals surface area contributed by atoms with Crippen LogP contribution in [-0.2, 0) is 17.8 Å². The fraction of sp³-hybridized carbons (Fsp3) is 0.296. The second-order valence-corrected chi connectivity index (χ2v) is 8.31. The minimum Gasteiger partial charge on any atom is -0.493 e. The predicted octanol–water partition coefficient (Wildman–Crippen LogP) is 3.87. The molecule has 182 valence electrons. The van der Waals surface area contributed by atoms with E-state index in [1.807, 2.05) is 24.3 Å². The normalized spacial score (nSPS) is 14.1. The van der Waals surface area contributed by atoms with E-state index >= 15 is 0 Å². The van der Waals surface area contributed by atoms with Crippen LogP contribution in [0.4, 0.5) is 5.69 Å². The zero-order chi connectivity index (χ0) is 24.9. The summed E-state index contributed by atoms with van der Waals surface area (Å²) in [5.74, 6) is 1.39. The van der Waals surface area contributed by atoms with Gasteiger partial charge in [0.1, 0.15) is 0 Å². The third kappa shape index (κ3) is 4.91. The third-order valence-corrected chi connectivity index (χ3v) is 6.12. The topological polar surface area (TPSA) is 98.8 Å². The zero-order valence-electron chi connectivity index (χ0n) is 20.3. The van der Waals surface area contributed by atoms with Crippen LogP contribution < -0.4 is 30.3 Å². The Morgan fingerprint density at radius 3 is 2.54 bits per heavy atom. The number of methoxy groups -OCH3 is 3. The molecule has 0 saturated heterocycles. The molecule has 0 spiro atoms. The number of benzene rings is 1. The Kier molecular flexibility index (Phi) is 7.19. The van der Waals surface area contributed by atoms with Crippen LogP contribution in [0, 0.1) is 0 Å². The number of aromatic nitrogens is 1. The molecular formula is C27H29N3O5. The van der Waals surface area contributed by atoms with Gasteiger partial charge < -0.3 is 24.8 Å². The molecule has 0 saturated carbocycles. The highest BCUT2D eigenvalue weighted by molar-refractivity contribution is 5.83. The number of nitrogens with zero attached hydrogens (tertiary/aromatic N) is 1. The average molecular weight is 476 g/mol. The molecule has 8 nitrogen and oxygen atoms in total. The highest BCUT2D eigenvalue weighted by Crippen LogP contribution is 2.50. The summed E-state index contributed by atoms with van der Waals surface area (Å²) in [6, 6.07) is 10.7. The first-order chi connectivity index (χ1) is 17.0. The van der Waals surface area contributed by atoms with Gasteiger partial charge in [-0.3, -0.25) is 14.6 Å². The van der Waals surface area contributed by atoms with E-state index in [0.717, 1.165) is 27.8 Å². The van der Waals surface area contributed by atoms with Crippen molar-refractivity contribution in [1.82, 2.24) is 10.3 Å². The summed E-state index contributed by atoms with van der Waals surface area (Å²) in [6.45, 7) is 1.93. The van der Waals surface area contributed by atoms with Crippen LogP contribution >= 0.6 is 0 Å². The fourth-order valence-electron chi connectivity index (χ4n) is 4.55. The van der Waals surface area contributed by atoms with Gasteiger partial charge in [0, 0.05) is 31.4 Å². The Labute approximate surface area is 204 Å². The highest BCUT2D eigenvalue weighted by atomic mass is 16.5.